The van der Waals surface area contributed by atoms with Gasteiger partial charge in [-0.05, 0) is 18.7 Å². The summed E-state index contributed by atoms with van der Waals surface area (Å²) in [7, 11) is 0. The zero-order valence-corrected chi connectivity index (χ0v) is 8.96. The zero-order chi connectivity index (χ0) is 9.26. The van der Waals surface area contributed by atoms with Gasteiger partial charge in [-0.15, -0.1) is 15.3 Å². The predicted molar refractivity (Wildman–Crippen MR) is 51.0 cm³/mol. The Hall–Kier alpha value is -0.730. The first-order valence-corrected chi connectivity index (χ1v) is 5.36. The molecule has 0 aliphatic heterocycles. The second kappa shape index (κ2) is 3.56. The molecule has 67 valence electrons. The third-order valence-electron chi connectivity index (χ3n) is 1.18. The van der Waals surface area contributed by atoms with E-state index in [4.69, 9.17) is 12.6 Å². The van der Waals surface area contributed by atoms with Crippen molar-refractivity contribution < 1.29 is 0 Å². The van der Waals surface area contributed by atoms with Crippen molar-refractivity contribution >= 4 is 35.7 Å². The topological polar surface area (TPSA) is 67.3 Å². The Kier molecular flexibility index (Phi) is 2.42. The van der Waals surface area contributed by atoms with Crippen LogP contribution in [0.25, 0.3) is 0 Å². The number of aromatic nitrogens is 5. The van der Waals surface area contributed by atoms with Crippen molar-refractivity contribution in [2.45, 2.75) is 21.3 Å². The van der Waals surface area contributed by atoms with Crippen molar-refractivity contribution in [3.63, 3.8) is 0 Å². The largest absolute Gasteiger partial charge is 0.246 e. The van der Waals surface area contributed by atoms with Crippen molar-refractivity contribution in [3.8, 4) is 0 Å². The zero-order valence-electron chi connectivity index (χ0n) is 6.51. The van der Waals surface area contributed by atoms with E-state index in [1.165, 1.54) is 23.1 Å². The Morgan fingerprint density at radius 3 is 2.77 bits per heavy atom. The van der Waals surface area contributed by atoms with E-state index in [-0.39, 0.29) is 0 Å². The van der Waals surface area contributed by atoms with Gasteiger partial charge in [0.2, 0.25) is 0 Å². The number of aromatic amines is 1. The van der Waals surface area contributed by atoms with Crippen LogP contribution in [-0.2, 0) is 0 Å². The standard InChI is InChI=1S/C5H4N5S3/c1-2-6-9-5(12-2)13-4-3(11)7-10-8-4/h1H3,(H,7,8,10). The molecular formula is C5H4N5S3. The smallest absolute Gasteiger partial charge is 0.180 e. The second-order valence-corrected chi connectivity index (χ2v) is 4.96. The van der Waals surface area contributed by atoms with Gasteiger partial charge >= 0.3 is 0 Å². The van der Waals surface area contributed by atoms with Crippen molar-refractivity contribution in [1.29, 1.82) is 0 Å². The molecule has 0 atom stereocenters. The van der Waals surface area contributed by atoms with Crippen LogP contribution in [0.15, 0.2) is 14.4 Å². The number of H-pyrrole nitrogens is 1. The van der Waals surface area contributed by atoms with Crippen LogP contribution in [0.5, 0.6) is 0 Å². The molecule has 13 heavy (non-hydrogen) atoms. The highest BCUT2D eigenvalue weighted by atomic mass is 32.2. The van der Waals surface area contributed by atoms with Crippen molar-refractivity contribution in [2.24, 2.45) is 0 Å². The highest BCUT2D eigenvalue weighted by Gasteiger charge is 2.09. The lowest BCUT2D eigenvalue weighted by Crippen LogP contribution is -1.74. The molecule has 2 aromatic rings. The molecule has 1 N–H and O–H groups in total. The van der Waals surface area contributed by atoms with Gasteiger partial charge in [-0.1, -0.05) is 29.2 Å². The first-order chi connectivity index (χ1) is 6.25. The second-order valence-electron chi connectivity index (χ2n) is 2.14. The molecule has 5 nitrogen and oxygen atoms in total. The predicted octanol–water partition coefficient (Wildman–Crippen LogP) is 1.67. The fourth-order valence-electron chi connectivity index (χ4n) is 0.678. The Bertz CT molecular complexity index is 408. The van der Waals surface area contributed by atoms with E-state index in [2.05, 4.69) is 25.6 Å². The van der Waals surface area contributed by atoms with Gasteiger partial charge in [-0.2, -0.15) is 0 Å². The summed E-state index contributed by atoms with van der Waals surface area (Å²) in [6.07, 6.45) is 0. The third kappa shape index (κ3) is 1.95. The van der Waals surface area contributed by atoms with Gasteiger partial charge < -0.3 is 0 Å². The normalized spacial score (nSPS) is 10.5. The lowest BCUT2D eigenvalue weighted by molar-refractivity contribution is 0.902. The highest BCUT2D eigenvalue weighted by Crippen LogP contribution is 2.30. The third-order valence-corrected chi connectivity index (χ3v) is 3.46. The van der Waals surface area contributed by atoms with E-state index in [9.17, 15) is 0 Å². The monoisotopic (exact) mass is 230 g/mol. The lowest BCUT2D eigenvalue weighted by Gasteiger charge is -1.87. The van der Waals surface area contributed by atoms with Gasteiger partial charge in [0.05, 0.1) is 0 Å². The van der Waals surface area contributed by atoms with E-state index < -0.39 is 0 Å². The minimum atomic E-state index is 0.540. The number of hydrogen-bond acceptors (Lipinski definition) is 6. The maximum Gasteiger partial charge on any atom is 0.180 e. The molecule has 0 aliphatic rings. The van der Waals surface area contributed by atoms with Crippen LogP contribution in [0.2, 0.25) is 0 Å². The number of nitrogens with zero attached hydrogens (tertiary/aromatic N) is 4. The van der Waals surface area contributed by atoms with Crippen LogP contribution in [0.4, 0.5) is 0 Å². The number of hydrogen-bond donors (Lipinski definition) is 1. The minimum absolute atomic E-state index is 0.540. The van der Waals surface area contributed by atoms with Gasteiger partial charge in [-0.25, -0.2) is 5.10 Å². The SMILES string of the molecule is Cc1nnc(Sc2nn[nH]c2[S])s1. The molecule has 2 rings (SSSR count). The summed E-state index contributed by atoms with van der Waals surface area (Å²) in [5.41, 5.74) is 0. The fourth-order valence-corrected chi connectivity index (χ4v) is 2.53. The summed E-state index contributed by atoms with van der Waals surface area (Å²) in [6, 6.07) is 0. The molecular weight excluding hydrogens is 226 g/mol. The molecule has 0 unspecified atom stereocenters. The molecule has 0 amide bonds. The van der Waals surface area contributed by atoms with Crippen LogP contribution in [-0.4, -0.2) is 25.6 Å². The van der Waals surface area contributed by atoms with Crippen molar-refractivity contribution in [2.75, 3.05) is 0 Å². The maximum absolute atomic E-state index is 4.95. The van der Waals surface area contributed by atoms with Gasteiger partial charge in [0.15, 0.2) is 14.4 Å². The molecule has 2 aromatic heterocycles. The van der Waals surface area contributed by atoms with E-state index in [0.717, 1.165) is 9.35 Å². The Balaban J connectivity index is 2.19. The molecule has 0 fully saturated rings. The van der Waals surface area contributed by atoms with E-state index >= 15 is 0 Å². The summed E-state index contributed by atoms with van der Waals surface area (Å²) in [4.78, 5) is 0. The summed E-state index contributed by atoms with van der Waals surface area (Å²) in [5, 5.41) is 19.9. The Morgan fingerprint density at radius 1 is 1.38 bits per heavy atom. The highest BCUT2D eigenvalue weighted by molar-refractivity contribution is 8.01. The molecule has 0 spiro atoms. The summed E-state index contributed by atoms with van der Waals surface area (Å²) < 4.78 is 0.831. The Labute approximate surface area is 87.8 Å². The minimum Gasteiger partial charge on any atom is -0.246 e. The van der Waals surface area contributed by atoms with Gasteiger partial charge in [0, 0.05) is 0 Å². The maximum atomic E-state index is 4.95. The molecule has 0 bridgehead atoms. The molecule has 8 heteroatoms. The molecule has 0 saturated carbocycles. The molecule has 0 saturated heterocycles. The summed E-state index contributed by atoms with van der Waals surface area (Å²) in [6.45, 7) is 1.90. The van der Waals surface area contributed by atoms with Gasteiger partial charge in [0.1, 0.15) is 5.01 Å². The quantitative estimate of drug-likeness (QED) is 0.850. The van der Waals surface area contributed by atoms with Gasteiger partial charge in [-0.3, -0.25) is 0 Å². The lowest BCUT2D eigenvalue weighted by atomic mass is 10.9. The number of rotatable bonds is 2. The van der Waals surface area contributed by atoms with Crippen molar-refractivity contribution in [1.82, 2.24) is 25.6 Å². The summed E-state index contributed by atoms with van der Waals surface area (Å²) >= 11 is 7.83. The van der Waals surface area contributed by atoms with E-state index in [0.29, 0.717) is 10.1 Å². The molecule has 0 aromatic carbocycles. The number of nitrogens with one attached hydrogen (secondary N) is 1. The van der Waals surface area contributed by atoms with E-state index in [1.807, 2.05) is 6.92 Å². The first kappa shape index (κ1) is 8.85. The molecule has 2 heterocycles. The molecule has 1 radical (unpaired) electrons. The van der Waals surface area contributed by atoms with Crippen LogP contribution in [0.1, 0.15) is 5.01 Å². The number of aryl methyl sites for hydroxylation is 1. The van der Waals surface area contributed by atoms with Crippen LogP contribution in [0, 0.1) is 6.92 Å². The van der Waals surface area contributed by atoms with Crippen molar-refractivity contribution in [3.05, 3.63) is 5.01 Å². The summed E-state index contributed by atoms with van der Waals surface area (Å²) in [5.74, 6) is 0. The van der Waals surface area contributed by atoms with Crippen LogP contribution < -0.4 is 0 Å². The van der Waals surface area contributed by atoms with Crippen LogP contribution in [0.3, 0.4) is 0 Å². The average molecular weight is 230 g/mol. The average Bonchev–Trinajstić information content (AvgIpc) is 2.64. The molecule has 0 aliphatic carbocycles. The van der Waals surface area contributed by atoms with E-state index in [1.54, 1.807) is 0 Å². The first-order valence-electron chi connectivity index (χ1n) is 3.32. The van der Waals surface area contributed by atoms with Gasteiger partial charge in [0.25, 0.3) is 0 Å². The van der Waals surface area contributed by atoms with Crippen LogP contribution >= 0.6 is 35.7 Å². The Morgan fingerprint density at radius 2 is 2.23 bits per heavy atom. The fraction of sp³-hybridized carbons (Fsp3) is 0.200.